The topological polar surface area (TPSA) is 17.1 Å². The van der Waals surface area contributed by atoms with Gasteiger partial charge in [0.1, 0.15) is 0 Å². The van der Waals surface area contributed by atoms with Gasteiger partial charge in [0.25, 0.3) is 0 Å². The monoisotopic (exact) mass is 284 g/mol. The Morgan fingerprint density at radius 3 is 2.40 bits per heavy atom. The largest absolute Gasteiger partial charge is 0.417 e. The first-order valence-corrected chi connectivity index (χ1v) is 7.18. The Kier molecular flexibility index (Phi) is 4.84. The van der Waals surface area contributed by atoms with Crippen molar-refractivity contribution in [2.24, 2.45) is 5.92 Å². The molecule has 1 aliphatic carbocycles. The number of hydrogen-bond acceptors (Lipinski definition) is 1. The maximum Gasteiger partial charge on any atom is 0.417 e. The second-order valence-electron chi connectivity index (χ2n) is 5.51. The van der Waals surface area contributed by atoms with Crippen LogP contribution in [0.3, 0.4) is 0 Å². The Morgan fingerprint density at radius 2 is 1.75 bits per heavy atom. The zero-order valence-electron chi connectivity index (χ0n) is 11.4. The lowest BCUT2D eigenvalue weighted by Gasteiger charge is -2.21. The standard InChI is InChI=1S/C16H19F3O/c17-16(18,19)14-9-5-4-8-13(14)15(20)11-10-12-6-2-1-3-7-12/h4-5,8-9,12H,1-3,6-7,10-11H2. The summed E-state index contributed by atoms with van der Waals surface area (Å²) in [7, 11) is 0. The molecule has 1 saturated carbocycles. The summed E-state index contributed by atoms with van der Waals surface area (Å²) in [4.78, 5) is 12.1. The van der Waals surface area contributed by atoms with Gasteiger partial charge in [0, 0.05) is 12.0 Å². The molecule has 0 aliphatic heterocycles. The Morgan fingerprint density at radius 1 is 1.10 bits per heavy atom. The van der Waals surface area contributed by atoms with Crippen molar-refractivity contribution >= 4 is 5.78 Å². The number of halogens is 3. The molecule has 0 aromatic heterocycles. The van der Waals surface area contributed by atoms with E-state index in [0.717, 1.165) is 18.9 Å². The highest BCUT2D eigenvalue weighted by molar-refractivity contribution is 5.97. The zero-order valence-corrected chi connectivity index (χ0v) is 11.4. The van der Waals surface area contributed by atoms with Crippen LogP contribution in [0.2, 0.25) is 0 Å². The van der Waals surface area contributed by atoms with Crippen molar-refractivity contribution in [3.05, 3.63) is 35.4 Å². The predicted octanol–water partition coefficient (Wildman–Crippen LogP) is 5.25. The van der Waals surface area contributed by atoms with E-state index in [0.29, 0.717) is 12.3 Å². The highest BCUT2D eigenvalue weighted by atomic mass is 19.4. The van der Waals surface area contributed by atoms with E-state index in [9.17, 15) is 18.0 Å². The van der Waals surface area contributed by atoms with Crippen LogP contribution in [0.25, 0.3) is 0 Å². The molecular weight excluding hydrogens is 265 g/mol. The molecule has 0 atom stereocenters. The van der Waals surface area contributed by atoms with Gasteiger partial charge in [0.05, 0.1) is 5.56 Å². The SMILES string of the molecule is O=C(CCC1CCCCC1)c1ccccc1C(F)(F)F. The number of carbonyl (C=O) groups excluding carboxylic acids is 1. The zero-order chi connectivity index (χ0) is 14.6. The van der Waals surface area contributed by atoms with Crippen molar-refractivity contribution in [1.29, 1.82) is 0 Å². The summed E-state index contributed by atoms with van der Waals surface area (Å²) in [5.41, 5.74) is -0.996. The van der Waals surface area contributed by atoms with Crippen LogP contribution in [0.4, 0.5) is 13.2 Å². The fourth-order valence-electron chi connectivity index (χ4n) is 2.92. The van der Waals surface area contributed by atoms with Gasteiger partial charge in [0.2, 0.25) is 0 Å². The van der Waals surface area contributed by atoms with E-state index in [2.05, 4.69) is 0 Å². The maximum atomic E-state index is 12.9. The van der Waals surface area contributed by atoms with Crippen LogP contribution < -0.4 is 0 Å². The molecule has 1 aromatic carbocycles. The van der Waals surface area contributed by atoms with E-state index in [1.54, 1.807) is 0 Å². The molecule has 0 spiro atoms. The number of benzene rings is 1. The molecule has 2 rings (SSSR count). The number of ketones is 1. The van der Waals surface area contributed by atoms with Gasteiger partial charge in [-0.3, -0.25) is 4.79 Å². The lowest BCUT2D eigenvalue weighted by atomic mass is 9.85. The molecule has 0 unspecified atom stereocenters. The van der Waals surface area contributed by atoms with Gasteiger partial charge < -0.3 is 0 Å². The smallest absolute Gasteiger partial charge is 0.294 e. The number of carbonyl (C=O) groups is 1. The first kappa shape index (κ1) is 15.1. The van der Waals surface area contributed by atoms with Crippen molar-refractivity contribution in [2.75, 3.05) is 0 Å². The van der Waals surface area contributed by atoms with Crippen molar-refractivity contribution in [1.82, 2.24) is 0 Å². The van der Waals surface area contributed by atoms with Gasteiger partial charge in [0.15, 0.2) is 5.78 Å². The minimum Gasteiger partial charge on any atom is -0.294 e. The van der Waals surface area contributed by atoms with Gasteiger partial charge in [-0.25, -0.2) is 0 Å². The second kappa shape index (κ2) is 6.42. The first-order valence-electron chi connectivity index (χ1n) is 7.18. The Balaban J connectivity index is 2.02. The molecule has 1 fully saturated rings. The highest BCUT2D eigenvalue weighted by Gasteiger charge is 2.34. The van der Waals surface area contributed by atoms with Gasteiger partial charge in [-0.2, -0.15) is 13.2 Å². The van der Waals surface area contributed by atoms with E-state index in [1.165, 1.54) is 37.5 Å². The summed E-state index contributed by atoms with van der Waals surface area (Å²) < 4.78 is 38.6. The Labute approximate surface area is 117 Å². The van der Waals surface area contributed by atoms with Crippen molar-refractivity contribution in [2.45, 2.75) is 51.1 Å². The summed E-state index contributed by atoms with van der Waals surface area (Å²) in [6.07, 6.45) is 2.28. The lowest BCUT2D eigenvalue weighted by molar-refractivity contribution is -0.137. The lowest BCUT2D eigenvalue weighted by Crippen LogP contribution is -2.14. The third-order valence-corrected chi connectivity index (χ3v) is 4.04. The summed E-state index contributed by atoms with van der Waals surface area (Å²) in [5.74, 6) is 0.120. The van der Waals surface area contributed by atoms with Gasteiger partial charge in [-0.05, 0) is 18.4 Å². The van der Waals surface area contributed by atoms with Crippen LogP contribution in [-0.2, 0) is 6.18 Å². The third-order valence-electron chi connectivity index (χ3n) is 4.04. The number of rotatable bonds is 4. The van der Waals surface area contributed by atoms with Gasteiger partial charge >= 0.3 is 6.18 Å². The van der Waals surface area contributed by atoms with Crippen molar-refractivity contribution in [3.63, 3.8) is 0 Å². The number of alkyl halides is 3. The van der Waals surface area contributed by atoms with E-state index >= 15 is 0 Å². The average molecular weight is 284 g/mol. The van der Waals surface area contributed by atoms with Crippen LogP contribution in [0.5, 0.6) is 0 Å². The fraction of sp³-hybridized carbons (Fsp3) is 0.562. The van der Waals surface area contributed by atoms with E-state index < -0.39 is 11.7 Å². The molecule has 1 aromatic rings. The molecule has 0 heterocycles. The number of hydrogen-bond donors (Lipinski definition) is 0. The molecular formula is C16H19F3O. The van der Waals surface area contributed by atoms with E-state index in [-0.39, 0.29) is 17.8 Å². The van der Waals surface area contributed by atoms with Crippen LogP contribution in [0.1, 0.15) is 60.9 Å². The first-order chi connectivity index (χ1) is 9.48. The molecule has 0 saturated heterocycles. The third kappa shape index (κ3) is 3.84. The quantitative estimate of drug-likeness (QED) is 0.690. The summed E-state index contributed by atoms with van der Waals surface area (Å²) in [6, 6.07) is 5.07. The molecule has 20 heavy (non-hydrogen) atoms. The summed E-state index contributed by atoms with van der Waals surface area (Å²) in [5, 5.41) is 0. The number of Topliss-reactive ketones (excluding diaryl/α,β-unsaturated/α-hetero) is 1. The molecule has 110 valence electrons. The van der Waals surface area contributed by atoms with E-state index in [1.807, 2.05) is 0 Å². The van der Waals surface area contributed by atoms with Gasteiger partial charge in [-0.1, -0.05) is 50.3 Å². The minimum absolute atomic E-state index is 0.184. The molecule has 0 bridgehead atoms. The van der Waals surface area contributed by atoms with E-state index in [4.69, 9.17) is 0 Å². The van der Waals surface area contributed by atoms with Crippen LogP contribution in [0.15, 0.2) is 24.3 Å². The van der Waals surface area contributed by atoms with Gasteiger partial charge in [-0.15, -0.1) is 0 Å². The van der Waals surface area contributed by atoms with Crippen molar-refractivity contribution < 1.29 is 18.0 Å². The Hall–Kier alpha value is -1.32. The second-order valence-corrected chi connectivity index (χ2v) is 5.51. The minimum atomic E-state index is -4.46. The fourth-order valence-corrected chi connectivity index (χ4v) is 2.92. The van der Waals surface area contributed by atoms with Crippen LogP contribution >= 0.6 is 0 Å². The maximum absolute atomic E-state index is 12.9. The average Bonchev–Trinajstić information content (AvgIpc) is 2.45. The Bertz CT molecular complexity index is 459. The normalized spacial score (nSPS) is 17.1. The van der Waals surface area contributed by atoms with Crippen molar-refractivity contribution in [3.8, 4) is 0 Å². The molecule has 0 amide bonds. The highest BCUT2D eigenvalue weighted by Crippen LogP contribution is 2.33. The van der Waals surface area contributed by atoms with Crippen LogP contribution in [0, 0.1) is 5.92 Å². The van der Waals surface area contributed by atoms with Crippen LogP contribution in [-0.4, -0.2) is 5.78 Å². The summed E-state index contributed by atoms with van der Waals surface area (Å²) >= 11 is 0. The predicted molar refractivity (Wildman–Crippen MR) is 71.6 cm³/mol. The molecule has 0 N–H and O–H groups in total. The summed E-state index contributed by atoms with van der Waals surface area (Å²) in [6.45, 7) is 0. The molecule has 0 radical (unpaired) electrons. The molecule has 1 nitrogen and oxygen atoms in total. The molecule has 1 aliphatic rings. The molecule has 4 heteroatoms.